The Morgan fingerprint density at radius 2 is 0.726 bits per heavy atom. The van der Waals surface area contributed by atoms with E-state index in [0.717, 1.165) is 23.5 Å². The third-order valence-corrected chi connectivity index (χ3v) is 18.8. The molecule has 0 spiro atoms. The summed E-state index contributed by atoms with van der Waals surface area (Å²) in [5, 5.41) is 2.47. The number of fused-ring (bicyclic) bond motifs is 9. The first-order valence-corrected chi connectivity index (χ1v) is 30.2. The highest BCUT2D eigenvalue weighted by Crippen LogP contribution is 2.53. The molecule has 412 valence electrons. The summed E-state index contributed by atoms with van der Waals surface area (Å²) in [7, 11) is 0. The monoisotopic (exact) mass is 1090 g/mol. The van der Waals surface area contributed by atoms with Crippen molar-refractivity contribution in [1.29, 1.82) is 0 Å². The van der Waals surface area contributed by atoms with Gasteiger partial charge in [-0.3, -0.25) is 0 Å². The first kappa shape index (κ1) is 53.1. The number of hydrogen-bond acceptors (Lipinski definition) is 1. The van der Waals surface area contributed by atoms with Gasteiger partial charge in [0.25, 0.3) is 0 Å². The predicted molar refractivity (Wildman–Crippen MR) is 359 cm³/mol. The summed E-state index contributed by atoms with van der Waals surface area (Å²) >= 11 is 0. The maximum atomic E-state index is 2.50. The molecule has 0 aliphatic heterocycles. The number of nitrogens with zero attached hydrogens (tertiary/aromatic N) is 2. The molecule has 0 bridgehead atoms. The Labute approximate surface area is 497 Å². The van der Waals surface area contributed by atoms with Crippen LogP contribution in [0.15, 0.2) is 249 Å². The fourth-order valence-electron chi connectivity index (χ4n) is 14.3. The lowest BCUT2D eigenvalue weighted by Gasteiger charge is -2.36. The second-order valence-corrected chi connectivity index (χ2v) is 27.3. The van der Waals surface area contributed by atoms with Gasteiger partial charge in [-0.05, 0) is 191 Å². The van der Waals surface area contributed by atoms with Crippen LogP contribution in [0.5, 0.6) is 0 Å². The van der Waals surface area contributed by atoms with Crippen LogP contribution in [0.25, 0.3) is 94.3 Å². The number of anilines is 3. The molecule has 2 aliphatic rings. The summed E-state index contributed by atoms with van der Waals surface area (Å²) in [4.78, 5) is 2.42. The summed E-state index contributed by atoms with van der Waals surface area (Å²) in [5.41, 5.74) is 29.0. The van der Waals surface area contributed by atoms with Crippen LogP contribution in [0.3, 0.4) is 0 Å². The van der Waals surface area contributed by atoms with Gasteiger partial charge in [0.05, 0.1) is 11.0 Å². The van der Waals surface area contributed by atoms with Crippen LogP contribution in [0.1, 0.15) is 109 Å². The van der Waals surface area contributed by atoms with Crippen molar-refractivity contribution in [1.82, 2.24) is 4.57 Å². The van der Waals surface area contributed by atoms with Crippen LogP contribution in [0, 0.1) is 10.8 Å². The molecule has 0 N–H and O–H groups in total. The van der Waals surface area contributed by atoms with E-state index in [9.17, 15) is 0 Å². The van der Waals surface area contributed by atoms with E-state index < -0.39 is 0 Å². The molecule has 1 unspecified atom stereocenters. The maximum Gasteiger partial charge on any atom is 0.0541 e. The van der Waals surface area contributed by atoms with Gasteiger partial charge < -0.3 is 9.47 Å². The van der Waals surface area contributed by atoms with Crippen LogP contribution >= 0.6 is 0 Å². The van der Waals surface area contributed by atoms with Gasteiger partial charge in [-0.1, -0.05) is 245 Å². The quantitative estimate of drug-likeness (QED) is 0.132. The van der Waals surface area contributed by atoms with E-state index in [1.807, 2.05) is 0 Å². The standard InChI is InChI=1S/C82H74N2/c1-79(2,3)52-76(80(4,5)6)59-30-28-55(29-31-59)54-24-26-57(27-25-54)60-36-46-77-70(48-60)71-49-61(37-47-78(71)84(77)65-43-45-69-67-21-15-17-23-73(67)82(9,10)75(69)51-65)58-34-40-63(41-35-58)83(62-38-32-56(33-39-62)53-18-12-11-13-19-53)64-42-44-68-66-20-14-16-22-72(66)81(7,8)74(68)50-64/h11-51,76H,52H2,1-10H3. The highest BCUT2D eigenvalue weighted by Gasteiger charge is 2.37. The molecule has 12 aromatic rings. The minimum absolute atomic E-state index is 0.118. The lowest BCUT2D eigenvalue weighted by molar-refractivity contribution is 0.229. The molecule has 0 saturated carbocycles. The van der Waals surface area contributed by atoms with Crippen molar-refractivity contribution in [2.45, 2.75) is 92.4 Å². The molecule has 2 heteroatoms. The first-order chi connectivity index (χ1) is 40.4. The predicted octanol–water partition coefficient (Wildman–Crippen LogP) is 23.1. The van der Waals surface area contributed by atoms with Crippen LogP contribution in [-0.2, 0) is 10.8 Å². The molecule has 2 aliphatic carbocycles. The van der Waals surface area contributed by atoms with Crippen molar-refractivity contribution in [3.05, 3.63) is 277 Å². The highest BCUT2D eigenvalue weighted by molar-refractivity contribution is 6.12. The fraction of sp³-hybridized carbons (Fsp3) is 0.195. The van der Waals surface area contributed by atoms with Crippen molar-refractivity contribution in [2.24, 2.45) is 10.8 Å². The average molecular weight is 1090 g/mol. The third kappa shape index (κ3) is 9.10. The molecule has 2 nitrogen and oxygen atoms in total. The molecule has 1 atom stereocenters. The van der Waals surface area contributed by atoms with Gasteiger partial charge in [-0.25, -0.2) is 0 Å². The lowest BCUT2D eigenvalue weighted by Crippen LogP contribution is -2.23. The number of rotatable bonds is 10. The summed E-state index contributed by atoms with van der Waals surface area (Å²) in [6, 6.07) is 93.8. The van der Waals surface area contributed by atoms with Gasteiger partial charge in [0, 0.05) is 44.4 Å². The van der Waals surface area contributed by atoms with Crippen LogP contribution < -0.4 is 4.90 Å². The SMILES string of the molecule is CC(C)(C)CC(c1ccc(-c2ccc(-c3ccc4c(c3)c3cc(-c5ccc(N(c6ccc(-c7ccccc7)cc6)c6ccc7c(c6)C(C)(C)c6ccccc6-7)cc5)ccc3n4-c3ccc4c(c3)C(C)(C)c3ccccc3-4)cc2)cc1)C(C)(C)C. The lowest BCUT2D eigenvalue weighted by atomic mass is 9.69. The van der Waals surface area contributed by atoms with Crippen molar-refractivity contribution in [3.8, 4) is 72.4 Å². The zero-order valence-corrected chi connectivity index (χ0v) is 50.4. The number of aromatic nitrogens is 1. The van der Waals surface area contributed by atoms with E-state index >= 15 is 0 Å². The molecule has 14 rings (SSSR count). The van der Waals surface area contributed by atoms with E-state index in [4.69, 9.17) is 0 Å². The molecule has 0 fully saturated rings. The Kier molecular flexibility index (Phi) is 12.5. The summed E-state index contributed by atoms with van der Waals surface area (Å²) in [6.07, 6.45) is 1.15. The zero-order chi connectivity index (χ0) is 57.9. The second-order valence-electron chi connectivity index (χ2n) is 27.3. The topological polar surface area (TPSA) is 8.17 Å². The smallest absolute Gasteiger partial charge is 0.0541 e. The molecule has 84 heavy (non-hydrogen) atoms. The highest BCUT2D eigenvalue weighted by atomic mass is 15.1. The van der Waals surface area contributed by atoms with Crippen LogP contribution in [0.2, 0.25) is 0 Å². The summed E-state index contributed by atoms with van der Waals surface area (Å²) in [6.45, 7) is 23.7. The van der Waals surface area contributed by atoms with Crippen molar-refractivity contribution < 1.29 is 0 Å². The molecular formula is C82H74N2. The van der Waals surface area contributed by atoms with Crippen molar-refractivity contribution in [3.63, 3.8) is 0 Å². The number of benzene rings is 11. The average Bonchev–Trinajstić information content (AvgIpc) is 2.49. The van der Waals surface area contributed by atoms with Gasteiger partial charge in [0.1, 0.15) is 0 Å². The third-order valence-electron chi connectivity index (χ3n) is 18.8. The normalized spacial score (nSPS) is 14.3. The van der Waals surface area contributed by atoms with Crippen molar-refractivity contribution in [2.75, 3.05) is 4.90 Å². The van der Waals surface area contributed by atoms with Gasteiger partial charge in [-0.15, -0.1) is 0 Å². The van der Waals surface area contributed by atoms with Gasteiger partial charge >= 0.3 is 0 Å². The Morgan fingerprint density at radius 1 is 0.345 bits per heavy atom. The molecular weight excluding hydrogens is 1010 g/mol. The van der Waals surface area contributed by atoms with E-state index in [1.165, 1.54) is 122 Å². The minimum Gasteiger partial charge on any atom is -0.310 e. The fourth-order valence-corrected chi connectivity index (χ4v) is 14.3. The van der Waals surface area contributed by atoms with Crippen molar-refractivity contribution >= 4 is 38.9 Å². The molecule has 1 heterocycles. The Morgan fingerprint density at radius 3 is 1.21 bits per heavy atom. The first-order valence-electron chi connectivity index (χ1n) is 30.2. The van der Waals surface area contributed by atoms with Gasteiger partial charge in [-0.2, -0.15) is 0 Å². The molecule has 1 aromatic heterocycles. The Hall–Kier alpha value is -8.98. The van der Waals surface area contributed by atoms with Crippen LogP contribution in [-0.4, -0.2) is 4.57 Å². The molecule has 0 saturated heterocycles. The maximum absolute atomic E-state index is 2.50. The summed E-state index contributed by atoms with van der Waals surface area (Å²) < 4.78 is 2.50. The molecule has 0 amide bonds. The second kappa shape index (κ2) is 19.8. The van der Waals surface area contributed by atoms with Gasteiger partial charge in [0.2, 0.25) is 0 Å². The van der Waals surface area contributed by atoms with E-state index in [1.54, 1.807) is 0 Å². The number of hydrogen-bond donors (Lipinski definition) is 0. The zero-order valence-electron chi connectivity index (χ0n) is 50.4. The largest absolute Gasteiger partial charge is 0.310 e. The molecule has 11 aromatic carbocycles. The Balaban J connectivity index is 0.850. The Bertz CT molecular complexity index is 4480. The van der Waals surface area contributed by atoms with E-state index in [-0.39, 0.29) is 21.7 Å². The molecule has 0 radical (unpaired) electrons. The van der Waals surface area contributed by atoms with Gasteiger partial charge in [0.15, 0.2) is 0 Å². The summed E-state index contributed by atoms with van der Waals surface area (Å²) in [5.74, 6) is 0.484. The minimum atomic E-state index is -0.124. The van der Waals surface area contributed by atoms with Crippen LogP contribution in [0.4, 0.5) is 17.1 Å². The van der Waals surface area contributed by atoms with E-state index in [0.29, 0.717) is 5.92 Å². The van der Waals surface area contributed by atoms with E-state index in [2.05, 4.69) is 327 Å².